The van der Waals surface area contributed by atoms with Crippen molar-refractivity contribution >= 4 is 23.2 Å². The molecule has 0 spiro atoms. The largest absolute Gasteiger partial charge is 0.310 e. The van der Waals surface area contributed by atoms with Crippen LogP contribution in [0.1, 0.15) is 16.8 Å². The Labute approximate surface area is 119 Å². The molecule has 0 bridgehead atoms. The molecule has 4 nitrogen and oxygen atoms in total. The van der Waals surface area contributed by atoms with Gasteiger partial charge in [-0.3, -0.25) is 14.7 Å². The van der Waals surface area contributed by atoms with E-state index in [2.05, 4.69) is 10.2 Å². The van der Waals surface area contributed by atoms with Crippen molar-refractivity contribution in [3.63, 3.8) is 0 Å². The van der Waals surface area contributed by atoms with E-state index in [-0.39, 0.29) is 0 Å². The third-order valence-corrected chi connectivity index (χ3v) is 3.47. The van der Waals surface area contributed by atoms with Crippen molar-refractivity contribution in [2.75, 3.05) is 0 Å². The van der Waals surface area contributed by atoms with E-state index in [1.54, 1.807) is 0 Å². The second-order valence-corrected chi connectivity index (χ2v) is 5.13. The summed E-state index contributed by atoms with van der Waals surface area (Å²) in [6.45, 7) is 1.92. The van der Waals surface area contributed by atoms with Gasteiger partial charge in [-0.15, -0.1) is 0 Å². The summed E-state index contributed by atoms with van der Waals surface area (Å²) in [7, 11) is 0. The summed E-state index contributed by atoms with van der Waals surface area (Å²) in [4.78, 5) is 22.2. The lowest BCUT2D eigenvalue weighted by atomic mass is 10.1. The SMILES string of the molecule is Cc1cc(Cl)c(CCc2cc(=O)c(=O)[nH][nH]2)c(Cl)c1. The average molecular weight is 299 g/mol. The number of aryl methyl sites for hydroxylation is 2. The Morgan fingerprint density at radius 2 is 1.63 bits per heavy atom. The van der Waals surface area contributed by atoms with Crippen LogP contribution in [0.5, 0.6) is 0 Å². The first-order valence-electron chi connectivity index (χ1n) is 5.73. The lowest BCUT2D eigenvalue weighted by molar-refractivity contribution is 0.838. The average Bonchev–Trinajstić information content (AvgIpc) is 2.32. The molecule has 0 aliphatic carbocycles. The Morgan fingerprint density at radius 3 is 2.21 bits per heavy atom. The summed E-state index contributed by atoms with van der Waals surface area (Å²) in [5.74, 6) is 0. The summed E-state index contributed by atoms with van der Waals surface area (Å²) in [5, 5.41) is 6.17. The van der Waals surface area contributed by atoms with E-state index < -0.39 is 11.0 Å². The Bertz CT molecular complexity index is 696. The number of aromatic nitrogens is 2. The van der Waals surface area contributed by atoms with Crippen LogP contribution in [-0.2, 0) is 12.8 Å². The molecule has 0 radical (unpaired) electrons. The summed E-state index contributed by atoms with van der Waals surface area (Å²) in [6.07, 6.45) is 1.12. The van der Waals surface area contributed by atoms with Crippen molar-refractivity contribution in [1.82, 2.24) is 10.2 Å². The minimum atomic E-state index is -0.657. The Balaban J connectivity index is 2.21. The lowest BCUT2D eigenvalue weighted by Crippen LogP contribution is -2.27. The van der Waals surface area contributed by atoms with Gasteiger partial charge >= 0.3 is 5.56 Å². The number of H-pyrrole nitrogens is 2. The van der Waals surface area contributed by atoms with Crippen LogP contribution in [0.15, 0.2) is 27.8 Å². The van der Waals surface area contributed by atoms with Gasteiger partial charge in [0, 0.05) is 21.8 Å². The van der Waals surface area contributed by atoms with E-state index in [9.17, 15) is 9.59 Å². The molecule has 0 atom stereocenters. The molecule has 2 N–H and O–H groups in total. The topological polar surface area (TPSA) is 65.7 Å². The smallest absolute Gasteiger partial charge is 0.302 e. The number of hydrogen-bond donors (Lipinski definition) is 2. The highest BCUT2D eigenvalue weighted by Crippen LogP contribution is 2.27. The molecule has 1 aromatic carbocycles. The van der Waals surface area contributed by atoms with Crippen LogP contribution in [-0.4, -0.2) is 10.2 Å². The molecular formula is C13H12Cl2N2O2. The fraction of sp³-hybridized carbons (Fsp3) is 0.231. The molecule has 1 aromatic heterocycles. The molecule has 0 saturated heterocycles. The lowest BCUT2D eigenvalue weighted by Gasteiger charge is -2.08. The molecule has 0 saturated carbocycles. The van der Waals surface area contributed by atoms with Crippen molar-refractivity contribution in [3.05, 3.63) is 65.6 Å². The van der Waals surface area contributed by atoms with E-state index in [1.165, 1.54) is 6.07 Å². The van der Waals surface area contributed by atoms with Gasteiger partial charge in [0.15, 0.2) is 0 Å². The number of rotatable bonds is 3. The van der Waals surface area contributed by atoms with Gasteiger partial charge in [0.05, 0.1) is 0 Å². The molecular weight excluding hydrogens is 287 g/mol. The quantitative estimate of drug-likeness (QED) is 0.855. The maximum Gasteiger partial charge on any atom is 0.310 e. The Morgan fingerprint density at radius 1 is 1.00 bits per heavy atom. The summed E-state index contributed by atoms with van der Waals surface area (Å²) in [6, 6.07) is 4.98. The second kappa shape index (κ2) is 5.63. The van der Waals surface area contributed by atoms with Crippen LogP contribution in [0.4, 0.5) is 0 Å². The Kier molecular flexibility index (Phi) is 4.12. The minimum Gasteiger partial charge on any atom is -0.302 e. The zero-order valence-corrected chi connectivity index (χ0v) is 11.7. The molecule has 0 fully saturated rings. The van der Waals surface area contributed by atoms with Crippen molar-refractivity contribution in [2.45, 2.75) is 19.8 Å². The second-order valence-electron chi connectivity index (χ2n) is 4.32. The predicted octanol–water partition coefficient (Wildman–Crippen LogP) is 2.46. The van der Waals surface area contributed by atoms with Gasteiger partial charge in [-0.05, 0) is 43.0 Å². The fourth-order valence-electron chi connectivity index (χ4n) is 1.82. The van der Waals surface area contributed by atoms with E-state index in [4.69, 9.17) is 23.2 Å². The maximum atomic E-state index is 11.2. The van der Waals surface area contributed by atoms with Gasteiger partial charge in [0.1, 0.15) is 0 Å². The normalized spacial score (nSPS) is 10.7. The monoisotopic (exact) mass is 298 g/mol. The molecule has 1 heterocycles. The van der Waals surface area contributed by atoms with Crippen molar-refractivity contribution in [2.24, 2.45) is 0 Å². The number of halogens is 2. The summed E-state index contributed by atoms with van der Waals surface area (Å²) < 4.78 is 0. The van der Waals surface area contributed by atoms with Gasteiger partial charge in [-0.2, -0.15) is 0 Å². The van der Waals surface area contributed by atoms with Crippen LogP contribution in [0.25, 0.3) is 0 Å². The van der Waals surface area contributed by atoms with Crippen LogP contribution in [0.3, 0.4) is 0 Å². The molecule has 0 aliphatic rings. The molecule has 19 heavy (non-hydrogen) atoms. The first kappa shape index (κ1) is 13.9. The number of aromatic amines is 2. The van der Waals surface area contributed by atoms with Crippen LogP contribution >= 0.6 is 23.2 Å². The third-order valence-electron chi connectivity index (χ3n) is 2.80. The Hall–Kier alpha value is -1.52. The molecule has 0 amide bonds. The molecule has 2 rings (SSSR count). The van der Waals surface area contributed by atoms with E-state index in [0.717, 1.165) is 11.1 Å². The van der Waals surface area contributed by atoms with Crippen molar-refractivity contribution in [1.29, 1.82) is 0 Å². The van der Waals surface area contributed by atoms with E-state index in [1.807, 2.05) is 19.1 Å². The predicted molar refractivity (Wildman–Crippen MR) is 76.3 cm³/mol. The van der Waals surface area contributed by atoms with E-state index >= 15 is 0 Å². The molecule has 2 aromatic rings. The highest BCUT2D eigenvalue weighted by molar-refractivity contribution is 6.36. The van der Waals surface area contributed by atoms with Gasteiger partial charge in [-0.1, -0.05) is 23.2 Å². The zero-order chi connectivity index (χ0) is 14.0. The molecule has 100 valence electrons. The van der Waals surface area contributed by atoms with Gasteiger partial charge in [-0.25, -0.2) is 0 Å². The highest BCUT2D eigenvalue weighted by Gasteiger charge is 2.08. The van der Waals surface area contributed by atoms with Gasteiger partial charge < -0.3 is 5.10 Å². The number of nitrogens with one attached hydrogen (secondary N) is 2. The van der Waals surface area contributed by atoms with Crippen molar-refractivity contribution < 1.29 is 0 Å². The van der Waals surface area contributed by atoms with Crippen LogP contribution in [0.2, 0.25) is 10.0 Å². The first-order valence-corrected chi connectivity index (χ1v) is 6.48. The van der Waals surface area contributed by atoms with Gasteiger partial charge in [0.25, 0.3) is 0 Å². The third kappa shape index (κ3) is 3.28. The fourth-order valence-corrected chi connectivity index (χ4v) is 2.61. The van der Waals surface area contributed by atoms with Crippen LogP contribution < -0.4 is 11.0 Å². The standard InChI is InChI=1S/C13H12Cl2N2O2/c1-7-4-10(14)9(11(15)5-7)3-2-8-6-12(18)13(19)17-16-8/h4-6H,2-3H2,1H3,(H,16,18)(H,17,19). The first-order chi connectivity index (χ1) is 8.97. The van der Waals surface area contributed by atoms with Gasteiger partial charge in [0.2, 0.25) is 5.43 Å². The summed E-state index contributed by atoms with van der Waals surface area (Å²) >= 11 is 12.3. The highest BCUT2D eigenvalue weighted by atomic mass is 35.5. The molecule has 6 heteroatoms. The van der Waals surface area contributed by atoms with Crippen molar-refractivity contribution in [3.8, 4) is 0 Å². The van der Waals surface area contributed by atoms with Crippen LogP contribution in [0, 0.1) is 6.92 Å². The number of hydrogen-bond acceptors (Lipinski definition) is 2. The number of benzene rings is 1. The minimum absolute atomic E-state index is 0.536. The molecule has 0 aliphatic heterocycles. The summed E-state index contributed by atoms with van der Waals surface area (Å²) in [5.41, 5.74) is 1.25. The maximum absolute atomic E-state index is 11.2. The molecule has 0 unspecified atom stereocenters. The zero-order valence-electron chi connectivity index (χ0n) is 10.2. The van der Waals surface area contributed by atoms with E-state index in [0.29, 0.717) is 28.6 Å².